The van der Waals surface area contributed by atoms with Gasteiger partial charge in [0, 0.05) is 56.7 Å². The Balaban J connectivity index is 1.31. The van der Waals surface area contributed by atoms with Crippen LogP contribution in [0.1, 0.15) is 30.9 Å². The highest BCUT2D eigenvalue weighted by atomic mass is 35.5. The van der Waals surface area contributed by atoms with Crippen LogP contribution in [0.3, 0.4) is 0 Å². The molecule has 3 aromatic rings. The summed E-state index contributed by atoms with van der Waals surface area (Å²) in [7, 11) is 1.62. The molecule has 1 aromatic heterocycles. The van der Waals surface area contributed by atoms with Crippen molar-refractivity contribution in [1.29, 1.82) is 0 Å². The SMILES string of the molecule is COc1ccc2c(c1)CCN(C1CCN(C(=O)Cn3cc(-c4cccc(F)c4Cl)c(=O)n(CCSC(C)=O)c3=O)CC1)C(=O)C2. The van der Waals surface area contributed by atoms with Gasteiger partial charge in [-0.1, -0.05) is 41.6 Å². The number of likely N-dealkylation sites (tertiary alicyclic amines) is 1. The Morgan fingerprint density at radius 3 is 2.51 bits per heavy atom. The maximum absolute atomic E-state index is 14.3. The average Bonchev–Trinajstić information content (AvgIpc) is 3.19. The molecule has 13 heteroatoms. The lowest BCUT2D eigenvalue weighted by Gasteiger charge is -2.38. The molecule has 0 bridgehead atoms. The van der Waals surface area contributed by atoms with E-state index in [4.69, 9.17) is 16.3 Å². The molecule has 2 aliphatic rings. The van der Waals surface area contributed by atoms with Crippen molar-refractivity contribution in [3.8, 4) is 16.9 Å². The first-order valence-electron chi connectivity index (χ1n) is 14.7. The van der Waals surface area contributed by atoms with Gasteiger partial charge in [-0.2, -0.15) is 0 Å². The van der Waals surface area contributed by atoms with Crippen LogP contribution in [0, 0.1) is 5.82 Å². The minimum atomic E-state index is -0.726. The number of amides is 2. The topological polar surface area (TPSA) is 111 Å². The number of halogens is 2. The summed E-state index contributed by atoms with van der Waals surface area (Å²) in [5.74, 6) is -0.0616. The number of ether oxygens (including phenoxy) is 1. The van der Waals surface area contributed by atoms with Crippen LogP contribution in [0.2, 0.25) is 5.02 Å². The second kappa shape index (κ2) is 14.0. The molecule has 0 N–H and O–H groups in total. The van der Waals surface area contributed by atoms with E-state index < -0.39 is 17.1 Å². The summed E-state index contributed by atoms with van der Waals surface area (Å²) < 4.78 is 21.7. The highest BCUT2D eigenvalue weighted by Gasteiger charge is 2.32. The molecule has 2 aromatic carbocycles. The van der Waals surface area contributed by atoms with Crippen LogP contribution in [-0.2, 0) is 40.3 Å². The molecular weight excluding hydrogens is 623 g/mol. The van der Waals surface area contributed by atoms with Crippen LogP contribution in [-0.4, -0.2) is 74.4 Å². The van der Waals surface area contributed by atoms with Gasteiger partial charge in [0.25, 0.3) is 5.56 Å². The summed E-state index contributed by atoms with van der Waals surface area (Å²) in [6, 6.07) is 9.81. The largest absolute Gasteiger partial charge is 0.497 e. The second-order valence-electron chi connectivity index (χ2n) is 11.1. The van der Waals surface area contributed by atoms with E-state index in [1.54, 1.807) is 12.0 Å². The third kappa shape index (κ3) is 7.17. The molecule has 1 saturated heterocycles. The zero-order valence-corrected chi connectivity index (χ0v) is 26.7. The average molecular weight is 657 g/mol. The molecule has 0 aliphatic carbocycles. The molecule has 0 atom stereocenters. The fourth-order valence-corrected chi connectivity index (χ4v) is 6.75. The van der Waals surface area contributed by atoms with Crippen LogP contribution >= 0.6 is 23.4 Å². The number of rotatable bonds is 8. The molecule has 238 valence electrons. The fourth-order valence-electron chi connectivity index (χ4n) is 5.96. The van der Waals surface area contributed by atoms with E-state index in [9.17, 15) is 28.4 Å². The zero-order valence-electron chi connectivity index (χ0n) is 25.1. The number of nitrogens with zero attached hydrogens (tertiary/aromatic N) is 4. The van der Waals surface area contributed by atoms with E-state index in [2.05, 4.69) is 0 Å². The molecule has 0 radical (unpaired) electrons. The zero-order chi connectivity index (χ0) is 32.2. The van der Waals surface area contributed by atoms with Gasteiger partial charge in [-0.05, 0) is 48.6 Å². The van der Waals surface area contributed by atoms with E-state index in [-0.39, 0.29) is 58.0 Å². The molecular formula is C32H34ClFN4O6S. The van der Waals surface area contributed by atoms with Gasteiger partial charge in [0.05, 0.1) is 24.1 Å². The fraction of sp³-hybridized carbons (Fsp3) is 0.406. The van der Waals surface area contributed by atoms with E-state index in [1.165, 1.54) is 25.3 Å². The third-order valence-corrected chi connectivity index (χ3v) is 9.54. The summed E-state index contributed by atoms with van der Waals surface area (Å²) in [4.78, 5) is 68.4. The van der Waals surface area contributed by atoms with Crippen molar-refractivity contribution in [2.45, 2.75) is 51.7 Å². The number of carbonyl (C=O) groups is 3. The van der Waals surface area contributed by atoms with Crippen molar-refractivity contribution in [3.63, 3.8) is 0 Å². The van der Waals surface area contributed by atoms with Gasteiger partial charge in [0.1, 0.15) is 18.1 Å². The molecule has 2 amide bonds. The Bertz CT molecular complexity index is 1750. The summed E-state index contributed by atoms with van der Waals surface area (Å²) in [6.07, 6.45) is 3.47. The number of carbonyl (C=O) groups excluding carboxylic acids is 3. The normalized spacial score (nSPS) is 15.5. The summed E-state index contributed by atoms with van der Waals surface area (Å²) in [5, 5.41) is -0.443. The summed E-state index contributed by atoms with van der Waals surface area (Å²) >= 11 is 7.15. The van der Waals surface area contributed by atoms with Crippen molar-refractivity contribution in [2.24, 2.45) is 0 Å². The molecule has 2 aliphatic heterocycles. The number of benzene rings is 2. The monoisotopic (exact) mass is 656 g/mol. The van der Waals surface area contributed by atoms with Gasteiger partial charge in [-0.3, -0.25) is 28.3 Å². The molecule has 0 spiro atoms. The van der Waals surface area contributed by atoms with Gasteiger partial charge in [-0.25, -0.2) is 9.18 Å². The lowest BCUT2D eigenvalue weighted by molar-refractivity contribution is -0.136. The van der Waals surface area contributed by atoms with Crippen LogP contribution < -0.4 is 16.0 Å². The first-order valence-corrected chi connectivity index (χ1v) is 16.1. The smallest absolute Gasteiger partial charge is 0.331 e. The van der Waals surface area contributed by atoms with Crippen LogP contribution in [0.25, 0.3) is 11.1 Å². The van der Waals surface area contributed by atoms with Gasteiger partial charge in [0.2, 0.25) is 11.8 Å². The number of fused-ring (bicyclic) bond motifs is 1. The Kier molecular flexibility index (Phi) is 10.1. The molecule has 5 rings (SSSR count). The van der Waals surface area contributed by atoms with Crippen molar-refractivity contribution in [1.82, 2.24) is 18.9 Å². The first kappa shape index (κ1) is 32.5. The minimum absolute atomic E-state index is 0.0112. The van der Waals surface area contributed by atoms with Crippen LogP contribution in [0.4, 0.5) is 4.39 Å². The standard InChI is InChI=1S/C32H34ClFN4O6S/c1-20(39)45-15-14-38-31(42)26(25-4-3-5-27(34)30(25)33)18-36(32(38)43)19-29(41)35-11-9-23(10-12-35)37-13-8-22-16-24(44-2)7-6-21(22)17-28(37)40/h3-7,16,18,23H,8-15,17,19H2,1-2H3. The number of hydrogen-bond donors (Lipinski definition) is 0. The number of thioether (sulfide) groups is 1. The molecule has 3 heterocycles. The van der Waals surface area contributed by atoms with Crippen molar-refractivity contribution in [2.75, 3.05) is 32.5 Å². The predicted molar refractivity (Wildman–Crippen MR) is 170 cm³/mol. The molecule has 0 saturated carbocycles. The van der Waals surface area contributed by atoms with Gasteiger partial charge < -0.3 is 14.5 Å². The number of methoxy groups -OCH3 is 1. The van der Waals surface area contributed by atoms with E-state index in [0.717, 1.165) is 50.3 Å². The summed E-state index contributed by atoms with van der Waals surface area (Å²) in [5.41, 5.74) is 0.764. The molecule has 45 heavy (non-hydrogen) atoms. The molecule has 1 fully saturated rings. The van der Waals surface area contributed by atoms with Crippen LogP contribution in [0.15, 0.2) is 52.2 Å². The Hall–Kier alpha value is -3.90. The molecule has 0 unspecified atom stereocenters. The van der Waals surface area contributed by atoms with E-state index >= 15 is 0 Å². The quantitative estimate of drug-likeness (QED) is 0.366. The third-order valence-electron chi connectivity index (χ3n) is 8.36. The van der Waals surface area contributed by atoms with E-state index in [0.29, 0.717) is 38.9 Å². The van der Waals surface area contributed by atoms with Crippen LogP contribution in [0.5, 0.6) is 5.75 Å². The van der Waals surface area contributed by atoms with Gasteiger partial charge in [-0.15, -0.1) is 0 Å². The summed E-state index contributed by atoms with van der Waals surface area (Å²) in [6.45, 7) is 2.35. The highest BCUT2D eigenvalue weighted by Crippen LogP contribution is 2.28. The van der Waals surface area contributed by atoms with Crippen molar-refractivity contribution < 1.29 is 23.5 Å². The highest BCUT2D eigenvalue weighted by molar-refractivity contribution is 8.13. The maximum Gasteiger partial charge on any atom is 0.331 e. The van der Waals surface area contributed by atoms with Gasteiger partial charge >= 0.3 is 5.69 Å². The second-order valence-corrected chi connectivity index (χ2v) is 12.8. The van der Waals surface area contributed by atoms with Crippen molar-refractivity contribution in [3.05, 3.63) is 85.4 Å². The van der Waals surface area contributed by atoms with Crippen molar-refractivity contribution >= 4 is 40.3 Å². The number of aromatic nitrogens is 2. The first-order chi connectivity index (χ1) is 21.6. The predicted octanol–water partition coefficient (Wildman–Crippen LogP) is 3.38. The maximum atomic E-state index is 14.3. The number of piperidine rings is 1. The Morgan fingerprint density at radius 2 is 1.80 bits per heavy atom. The molecule has 10 nitrogen and oxygen atoms in total. The van der Waals surface area contributed by atoms with Gasteiger partial charge in [0.15, 0.2) is 5.12 Å². The lowest BCUT2D eigenvalue weighted by atomic mass is 10.0. The van der Waals surface area contributed by atoms with E-state index in [1.807, 2.05) is 23.1 Å². The lowest BCUT2D eigenvalue weighted by Crippen LogP contribution is -2.50. The Morgan fingerprint density at radius 1 is 1.04 bits per heavy atom. The minimum Gasteiger partial charge on any atom is -0.497 e. The Labute approximate surface area is 268 Å². The number of hydrogen-bond acceptors (Lipinski definition) is 7.